The Kier molecular flexibility index (Phi) is 4.85. The molecule has 118 valence electrons. The number of rotatable bonds is 4. The van der Waals surface area contributed by atoms with Crippen LogP contribution in [0.2, 0.25) is 0 Å². The number of hydrogen-bond donors (Lipinski definition) is 0. The molecule has 0 N–H and O–H groups in total. The topological polar surface area (TPSA) is 81.8 Å². The number of carbonyl (C=O) groups is 1. The number of nitro benzene ring substituents is 1. The van der Waals surface area contributed by atoms with Crippen LogP contribution >= 0.6 is 0 Å². The molecule has 0 unspecified atom stereocenters. The van der Waals surface area contributed by atoms with E-state index in [1.54, 1.807) is 6.92 Å². The Morgan fingerprint density at radius 2 is 1.91 bits per heavy atom. The van der Waals surface area contributed by atoms with Crippen LogP contribution in [0, 0.1) is 24.0 Å². The number of aryl methyl sites for hydroxylation is 2. The van der Waals surface area contributed by atoms with Gasteiger partial charge < -0.3 is 4.84 Å². The largest absolute Gasteiger partial charge is 0.365 e. The van der Waals surface area contributed by atoms with E-state index >= 15 is 0 Å². The summed E-state index contributed by atoms with van der Waals surface area (Å²) in [5.41, 5.74) is 3.50. The number of carbonyl (C=O) groups excluding carboxylic acids is 1. The van der Waals surface area contributed by atoms with Gasteiger partial charge in [-0.1, -0.05) is 35.0 Å². The number of hydrogen-bond acceptors (Lipinski definition) is 5. The molecular formula is C17H16N2O4. The molecule has 23 heavy (non-hydrogen) atoms. The van der Waals surface area contributed by atoms with Gasteiger partial charge in [0.2, 0.25) is 0 Å². The van der Waals surface area contributed by atoms with Crippen molar-refractivity contribution in [2.24, 2.45) is 5.16 Å². The molecule has 0 spiro atoms. The molecule has 0 aliphatic carbocycles. The quantitative estimate of drug-likeness (QED) is 0.372. The second kappa shape index (κ2) is 6.83. The minimum atomic E-state index is -0.738. The first-order valence-corrected chi connectivity index (χ1v) is 6.96. The summed E-state index contributed by atoms with van der Waals surface area (Å²) in [6, 6.07) is 11.2. The van der Waals surface area contributed by atoms with Gasteiger partial charge in [-0.2, -0.15) is 0 Å². The van der Waals surface area contributed by atoms with E-state index in [-0.39, 0.29) is 11.3 Å². The second-order valence-electron chi connectivity index (χ2n) is 5.18. The van der Waals surface area contributed by atoms with Crippen LogP contribution in [-0.4, -0.2) is 16.6 Å². The molecule has 0 saturated carbocycles. The molecule has 0 aromatic heterocycles. The van der Waals surface area contributed by atoms with E-state index in [1.807, 2.05) is 32.0 Å². The van der Waals surface area contributed by atoms with Crippen LogP contribution in [0.1, 0.15) is 34.0 Å². The van der Waals surface area contributed by atoms with E-state index in [0.29, 0.717) is 5.71 Å². The summed E-state index contributed by atoms with van der Waals surface area (Å²) in [5, 5.41) is 14.6. The fraction of sp³-hybridized carbons (Fsp3) is 0.176. The highest BCUT2D eigenvalue weighted by atomic mass is 16.7. The van der Waals surface area contributed by atoms with Gasteiger partial charge in [-0.15, -0.1) is 0 Å². The molecule has 6 nitrogen and oxygen atoms in total. The monoisotopic (exact) mass is 312 g/mol. The van der Waals surface area contributed by atoms with Crippen molar-refractivity contribution in [2.45, 2.75) is 20.8 Å². The van der Waals surface area contributed by atoms with Crippen LogP contribution < -0.4 is 0 Å². The van der Waals surface area contributed by atoms with Crippen LogP contribution in [0.3, 0.4) is 0 Å². The van der Waals surface area contributed by atoms with Crippen molar-refractivity contribution in [2.75, 3.05) is 0 Å². The molecule has 0 aliphatic rings. The highest BCUT2D eigenvalue weighted by molar-refractivity contribution is 6.00. The van der Waals surface area contributed by atoms with Gasteiger partial charge in [0.05, 0.1) is 16.2 Å². The first-order chi connectivity index (χ1) is 10.9. The lowest BCUT2D eigenvalue weighted by Gasteiger charge is -2.06. The van der Waals surface area contributed by atoms with E-state index in [9.17, 15) is 14.9 Å². The lowest BCUT2D eigenvalue weighted by atomic mass is 10.0. The maximum Gasteiger partial charge on any atom is 0.365 e. The van der Waals surface area contributed by atoms with E-state index in [1.165, 1.54) is 18.2 Å². The summed E-state index contributed by atoms with van der Waals surface area (Å²) >= 11 is 0. The maximum atomic E-state index is 11.9. The smallest absolute Gasteiger partial charge is 0.313 e. The SMILES string of the molecule is C/C(=N/OC(=O)c1cccc([N+](=O)[O-])c1)c1ccc(C)cc1C. The molecule has 6 heteroatoms. The maximum absolute atomic E-state index is 11.9. The molecule has 0 radical (unpaired) electrons. The molecule has 2 aromatic rings. The van der Waals surface area contributed by atoms with E-state index in [0.717, 1.165) is 22.8 Å². The average molecular weight is 312 g/mol. The van der Waals surface area contributed by atoms with Gasteiger partial charge in [-0.05, 0) is 32.4 Å². The van der Waals surface area contributed by atoms with Crippen molar-refractivity contribution in [1.82, 2.24) is 0 Å². The van der Waals surface area contributed by atoms with Gasteiger partial charge in [-0.3, -0.25) is 10.1 Å². The Bertz CT molecular complexity index is 797. The predicted octanol–water partition coefficient (Wildman–Crippen LogP) is 3.79. The molecule has 2 aromatic carbocycles. The van der Waals surface area contributed by atoms with E-state index < -0.39 is 10.9 Å². The minimum absolute atomic E-state index is 0.0800. The summed E-state index contributed by atoms with van der Waals surface area (Å²) in [6.07, 6.45) is 0. The van der Waals surface area contributed by atoms with E-state index in [2.05, 4.69) is 5.16 Å². The second-order valence-corrected chi connectivity index (χ2v) is 5.18. The number of benzene rings is 2. The molecule has 0 saturated heterocycles. The molecule has 0 heterocycles. The fourth-order valence-corrected chi connectivity index (χ4v) is 2.18. The highest BCUT2D eigenvalue weighted by Crippen LogP contribution is 2.15. The fourth-order valence-electron chi connectivity index (χ4n) is 2.18. The van der Waals surface area contributed by atoms with Gasteiger partial charge in [-0.25, -0.2) is 4.79 Å². The van der Waals surface area contributed by atoms with Crippen molar-refractivity contribution < 1.29 is 14.6 Å². The van der Waals surface area contributed by atoms with Crippen molar-refractivity contribution >= 4 is 17.4 Å². The van der Waals surface area contributed by atoms with Crippen molar-refractivity contribution in [3.63, 3.8) is 0 Å². The summed E-state index contributed by atoms with van der Waals surface area (Å²) in [5.74, 6) is -0.738. The Balaban J connectivity index is 2.17. The third kappa shape index (κ3) is 4.00. The lowest BCUT2D eigenvalue weighted by molar-refractivity contribution is -0.384. The Hall–Kier alpha value is -3.02. The van der Waals surface area contributed by atoms with Crippen LogP contribution in [0.5, 0.6) is 0 Å². The minimum Gasteiger partial charge on any atom is -0.313 e. The van der Waals surface area contributed by atoms with Gasteiger partial charge >= 0.3 is 5.97 Å². The summed E-state index contributed by atoms with van der Waals surface area (Å²) in [4.78, 5) is 27.0. The Morgan fingerprint density at radius 1 is 1.17 bits per heavy atom. The lowest BCUT2D eigenvalue weighted by Crippen LogP contribution is -2.05. The molecule has 0 aliphatic heterocycles. The van der Waals surface area contributed by atoms with Crippen molar-refractivity contribution in [1.29, 1.82) is 0 Å². The Morgan fingerprint density at radius 3 is 2.57 bits per heavy atom. The number of nitrogens with zero attached hydrogens (tertiary/aromatic N) is 2. The molecule has 2 rings (SSSR count). The summed E-state index contributed by atoms with van der Waals surface area (Å²) in [7, 11) is 0. The Labute approximate surface area is 133 Å². The standard InChI is InChI=1S/C17H16N2O4/c1-11-7-8-16(12(2)9-11)13(3)18-23-17(20)14-5-4-6-15(10-14)19(21)22/h4-10H,1-3H3/b18-13-. The van der Waals surface area contributed by atoms with Crippen LogP contribution in [0.4, 0.5) is 5.69 Å². The highest BCUT2D eigenvalue weighted by Gasteiger charge is 2.13. The van der Waals surface area contributed by atoms with Gasteiger partial charge in [0.25, 0.3) is 5.69 Å². The summed E-state index contributed by atoms with van der Waals surface area (Å²) < 4.78 is 0. The molecular weight excluding hydrogens is 296 g/mol. The molecule has 0 bridgehead atoms. The summed E-state index contributed by atoms with van der Waals surface area (Å²) in [6.45, 7) is 5.67. The van der Waals surface area contributed by atoms with E-state index in [4.69, 9.17) is 4.84 Å². The first-order valence-electron chi connectivity index (χ1n) is 6.96. The number of nitro groups is 1. The van der Waals surface area contributed by atoms with Crippen LogP contribution in [-0.2, 0) is 4.84 Å². The van der Waals surface area contributed by atoms with Gasteiger partial charge in [0.1, 0.15) is 0 Å². The molecule has 0 amide bonds. The first kappa shape index (κ1) is 16.4. The van der Waals surface area contributed by atoms with Crippen LogP contribution in [0.15, 0.2) is 47.6 Å². The third-order valence-corrected chi connectivity index (χ3v) is 3.33. The predicted molar refractivity (Wildman–Crippen MR) is 86.6 cm³/mol. The number of non-ortho nitro benzene ring substituents is 1. The van der Waals surface area contributed by atoms with Gasteiger partial charge in [0.15, 0.2) is 0 Å². The molecule has 0 fully saturated rings. The normalized spacial score (nSPS) is 11.2. The van der Waals surface area contributed by atoms with Crippen molar-refractivity contribution in [3.8, 4) is 0 Å². The van der Waals surface area contributed by atoms with Crippen LogP contribution in [0.25, 0.3) is 0 Å². The third-order valence-electron chi connectivity index (χ3n) is 3.33. The number of oxime groups is 1. The zero-order valence-electron chi connectivity index (χ0n) is 13.1. The van der Waals surface area contributed by atoms with Gasteiger partial charge in [0, 0.05) is 17.7 Å². The van der Waals surface area contributed by atoms with Crippen molar-refractivity contribution in [3.05, 3.63) is 74.8 Å². The molecule has 0 atom stereocenters. The zero-order chi connectivity index (χ0) is 17.0. The average Bonchev–Trinajstić information content (AvgIpc) is 2.52. The zero-order valence-corrected chi connectivity index (χ0v) is 13.1.